The fraction of sp³-hybridized carbons (Fsp3) is 0.556. The van der Waals surface area contributed by atoms with Crippen LogP contribution in [0.15, 0.2) is 23.2 Å². The van der Waals surface area contributed by atoms with Crippen LogP contribution in [0.1, 0.15) is 47.1 Å². The Bertz CT molecular complexity index is 804. The number of carbonyl (C=O) groups is 1. The molecule has 1 N–H and O–H groups in total. The van der Waals surface area contributed by atoms with Gasteiger partial charge in [0.25, 0.3) is 5.69 Å². The van der Waals surface area contributed by atoms with Crippen LogP contribution in [-0.2, 0) is 10.3 Å². The molecule has 1 atom stereocenters. The van der Waals surface area contributed by atoms with Crippen LogP contribution in [0, 0.1) is 21.3 Å². The van der Waals surface area contributed by atoms with Crippen LogP contribution >= 0.6 is 11.8 Å². The van der Waals surface area contributed by atoms with Crippen LogP contribution in [0.2, 0.25) is 0 Å². The molecule has 0 aromatic heterocycles. The van der Waals surface area contributed by atoms with E-state index in [1.165, 1.54) is 17.8 Å². The molecular formula is C18H24FN3O4S. The quantitative estimate of drug-likeness (QED) is 0.581. The highest BCUT2D eigenvalue weighted by atomic mass is 32.2. The molecule has 27 heavy (non-hydrogen) atoms. The van der Waals surface area contributed by atoms with Crippen LogP contribution < -0.4 is 5.32 Å². The van der Waals surface area contributed by atoms with Crippen molar-refractivity contribution in [2.45, 2.75) is 52.7 Å². The van der Waals surface area contributed by atoms with Crippen molar-refractivity contribution in [2.24, 2.45) is 10.4 Å². The van der Waals surface area contributed by atoms with Gasteiger partial charge in [-0.15, -0.1) is 0 Å². The summed E-state index contributed by atoms with van der Waals surface area (Å²) in [5, 5.41) is 14.0. The van der Waals surface area contributed by atoms with Crippen LogP contribution in [0.25, 0.3) is 0 Å². The van der Waals surface area contributed by atoms with Gasteiger partial charge >= 0.3 is 6.09 Å². The van der Waals surface area contributed by atoms with E-state index >= 15 is 0 Å². The SMILES string of the molecule is CC(C)(C)OC(=O)NC1=N[C@](C)(c2cc([N+](=O)[O-])ccc2F)C(C)(C)CS1. The highest BCUT2D eigenvalue weighted by Crippen LogP contribution is 2.49. The average Bonchev–Trinajstić information content (AvgIpc) is 2.49. The first-order valence-electron chi connectivity index (χ1n) is 8.42. The molecule has 148 valence electrons. The highest BCUT2D eigenvalue weighted by Gasteiger charge is 2.48. The summed E-state index contributed by atoms with van der Waals surface area (Å²) in [5.74, 6) is -0.0521. The molecule has 0 spiro atoms. The van der Waals surface area contributed by atoms with Crippen LogP contribution in [0.3, 0.4) is 0 Å². The average molecular weight is 397 g/mol. The normalized spacial score (nSPS) is 22.0. The molecule has 9 heteroatoms. The maximum Gasteiger partial charge on any atom is 0.413 e. The summed E-state index contributed by atoms with van der Waals surface area (Å²) in [4.78, 5) is 27.2. The van der Waals surface area contributed by atoms with Crippen molar-refractivity contribution in [2.75, 3.05) is 5.75 Å². The van der Waals surface area contributed by atoms with Crippen LogP contribution in [-0.4, -0.2) is 27.5 Å². The van der Waals surface area contributed by atoms with E-state index < -0.39 is 33.4 Å². The smallest absolute Gasteiger partial charge is 0.413 e. The molecule has 2 rings (SSSR count). The van der Waals surface area contributed by atoms with Crippen molar-refractivity contribution in [3.8, 4) is 0 Å². The molecule has 0 fully saturated rings. The Hall–Kier alpha value is -2.16. The number of nitro benzene ring substituents is 1. The lowest BCUT2D eigenvalue weighted by atomic mass is 9.70. The van der Waals surface area contributed by atoms with Gasteiger partial charge in [0, 0.05) is 28.9 Å². The predicted molar refractivity (Wildman–Crippen MR) is 103 cm³/mol. The van der Waals surface area contributed by atoms with Gasteiger partial charge in [-0.3, -0.25) is 20.4 Å². The number of benzene rings is 1. The number of alkyl carbamates (subject to hydrolysis) is 1. The third-order valence-corrected chi connectivity index (χ3v) is 5.84. The minimum absolute atomic E-state index is 0.116. The maximum absolute atomic E-state index is 14.6. The summed E-state index contributed by atoms with van der Waals surface area (Å²) >= 11 is 1.32. The summed E-state index contributed by atoms with van der Waals surface area (Å²) in [6.07, 6.45) is -0.657. The second-order valence-corrected chi connectivity index (χ2v) is 9.17. The van der Waals surface area contributed by atoms with Crippen LogP contribution in [0.5, 0.6) is 0 Å². The van der Waals surface area contributed by atoms with Gasteiger partial charge in [0.15, 0.2) is 5.17 Å². The first kappa shape index (κ1) is 21.1. The Morgan fingerprint density at radius 1 is 1.37 bits per heavy atom. The number of halogens is 1. The largest absolute Gasteiger partial charge is 0.444 e. The number of non-ortho nitro benzene ring substituents is 1. The van der Waals surface area contributed by atoms with Gasteiger partial charge in [0.1, 0.15) is 11.4 Å². The van der Waals surface area contributed by atoms with Crippen molar-refractivity contribution >= 4 is 28.7 Å². The lowest BCUT2D eigenvalue weighted by Crippen LogP contribution is -2.47. The van der Waals surface area contributed by atoms with E-state index in [1.54, 1.807) is 27.7 Å². The zero-order chi connectivity index (χ0) is 20.6. The van der Waals surface area contributed by atoms with Gasteiger partial charge in [-0.1, -0.05) is 25.6 Å². The Morgan fingerprint density at radius 2 is 2.00 bits per heavy atom. The number of ether oxygens (including phenoxy) is 1. The summed E-state index contributed by atoms with van der Waals surface area (Å²) < 4.78 is 19.8. The fourth-order valence-electron chi connectivity index (χ4n) is 2.66. The van der Waals surface area contributed by atoms with E-state index in [0.717, 1.165) is 12.1 Å². The number of nitrogens with one attached hydrogen (secondary N) is 1. The number of hydrogen-bond donors (Lipinski definition) is 1. The molecule has 0 unspecified atom stereocenters. The summed E-state index contributed by atoms with van der Waals surface area (Å²) in [6.45, 7) is 10.8. The van der Waals surface area contributed by atoms with Gasteiger partial charge in [-0.25, -0.2) is 9.18 Å². The van der Waals surface area contributed by atoms with Gasteiger partial charge < -0.3 is 4.74 Å². The number of hydrogen-bond acceptors (Lipinski definition) is 6. The molecule has 0 saturated carbocycles. The van der Waals surface area contributed by atoms with Crippen molar-refractivity contribution in [1.82, 2.24) is 5.32 Å². The summed E-state index contributed by atoms with van der Waals surface area (Å²) in [6, 6.07) is 3.41. The number of nitrogens with zero attached hydrogens (tertiary/aromatic N) is 2. The number of aliphatic imine (C=N–C) groups is 1. The Labute approximate surface area is 161 Å². The lowest BCUT2D eigenvalue weighted by molar-refractivity contribution is -0.385. The minimum Gasteiger partial charge on any atom is -0.444 e. The van der Waals surface area contributed by atoms with Crippen molar-refractivity contribution in [3.63, 3.8) is 0 Å². The monoisotopic (exact) mass is 397 g/mol. The fourth-order valence-corrected chi connectivity index (χ4v) is 3.84. The molecule has 1 heterocycles. The van der Waals surface area contributed by atoms with Gasteiger partial charge in [0.2, 0.25) is 0 Å². The number of nitro groups is 1. The second kappa shape index (κ2) is 7.10. The van der Waals surface area contributed by atoms with Gasteiger partial charge in [-0.2, -0.15) is 0 Å². The Balaban J connectivity index is 2.46. The third kappa shape index (κ3) is 4.58. The van der Waals surface area contributed by atoms with E-state index in [4.69, 9.17) is 4.74 Å². The molecule has 1 aliphatic heterocycles. The highest BCUT2D eigenvalue weighted by molar-refractivity contribution is 8.13. The molecule has 0 radical (unpaired) electrons. The van der Waals surface area contributed by atoms with Crippen LogP contribution in [0.4, 0.5) is 14.9 Å². The van der Waals surface area contributed by atoms with Gasteiger partial charge in [-0.05, 0) is 33.8 Å². The zero-order valence-corrected chi connectivity index (χ0v) is 17.1. The van der Waals surface area contributed by atoms with E-state index in [9.17, 15) is 19.3 Å². The minimum atomic E-state index is -1.11. The number of amides is 1. The first-order chi connectivity index (χ1) is 12.2. The molecule has 1 aromatic rings. The number of carbonyl (C=O) groups excluding carboxylic acids is 1. The maximum atomic E-state index is 14.6. The van der Waals surface area contributed by atoms with Crippen molar-refractivity contribution in [1.29, 1.82) is 0 Å². The zero-order valence-electron chi connectivity index (χ0n) is 16.3. The van der Waals surface area contributed by atoms with Crippen molar-refractivity contribution in [3.05, 3.63) is 39.7 Å². The standard InChI is InChI=1S/C18H24FN3O4S/c1-16(2,3)26-15(23)20-14-21-18(6,17(4,5)10-27-14)12-9-11(22(24)25)7-8-13(12)19/h7-9H,10H2,1-6H3,(H,20,21,23)/t18-/m1/s1. The molecule has 1 amide bonds. The topological polar surface area (TPSA) is 93.8 Å². The van der Waals surface area contributed by atoms with E-state index in [0.29, 0.717) is 5.75 Å². The van der Waals surface area contributed by atoms with Gasteiger partial charge in [0.05, 0.1) is 10.5 Å². The van der Waals surface area contributed by atoms with E-state index in [-0.39, 0.29) is 16.4 Å². The molecule has 7 nitrogen and oxygen atoms in total. The van der Waals surface area contributed by atoms with E-state index in [2.05, 4.69) is 10.3 Å². The molecule has 0 saturated heterocycles. The summed E-state index contributed by atoms with van der Waals surface area (Å²) in [5.41, 5.74) is -2.39. The Morgan fingerprint density at radius 3 is 2.56 bits per heavy atom. The molecule has 1 aromatic carbocycles. The molecule has 1 aliphatic rings. The predicted octanol–water partition coefficient (Wildman–Crippen LogP) is 4.60. The van der Waals surface area contributed by atoms with E-state index in [1.807, 2.05) is 13.8 Å². The lowest BCUT2D eigenvalue weighted by Gasteiger charge is -2.44. The number of rotatable bonds is 2. The first-order valence-corrected chi connectivity index (χ1v) is 9.41. The second-order valence-electron chi connectivity index (χ2n) is 8.21. The molecule has 0 bridgehead atoms. The number of thioether (sulfide) groups is 1. The summed E-state index contributed by atoms with van der Waals surface area (Å²) in [7, 11) is 0. The Kier molecular flexibility index (Phi) is 5.56. The third-order valence-electron chi connectivity index (χ3n) is 4.51. The molecule has 0 aliphatic carbocycles. The number of amidine groups is 1. The molecular weight excluding hydrogens is 373 g/mol. The van der Waals surface area contributed by atoms with Crippen molar-refractivity contribution < 1.29 is 18.8 Å².